The summed E-state index contributed by atoms with van der Waals surface area (Å²) in [7, 11) is 1.57. The molecule has 1 aromatic heterocycles. The van der Waals surface area contributed by atoms with Crippen LogP contribution in [0.3, 0.4) is 0 Å². The molecule has 0 unspecified atom stereocenters. The van der Waals surface area contributed by atoms with Crippen molar-refractivity contribution in [2.24, 2.45) is 10.2 Å². The first kappa shape index (κ1) is 26.5. The summed E-state index contributed by atoms with van der Waals surface area (Å²) in [4.78, 5) is 49.4. The number of carbonyl (C=O) groups excluding carboxylic acids is 2. The Balaban J connectivity index is 1.52. The number of nitrogens with zero attached hydrogens (tertiary/aromatic N) is 6. The summed E-state index contributed by atoms with van der Waals surface area (Å²) in [6.45, 7) is 3.22. The maximum absolute atomic E-state index is 12.7. The molecule has 0 bridgehead atoms. The zero-order valence-corrected chi connectivity index (χ0v) is 21.2. The monoisotopic (exact) mass is 538 g/mol. The van der Waals surface area contributed by atoms with E-state index in [0.717, 1.165) is 11.8 Å². The minimum atomic E-state index is -0.740. The largest absolute Gasteiger partial charge is 0.383 e. The molecule has 0 aliphatic carbocycles. The van der Waals surface area contributed by atoms with Gasteiger partial charge in [0.15, 0.2) is 0 Å². The van der Waals surface area contributed by atoms with Crippen LogP contribution in [0.4, 0.5) is 27.1 Å². The number of methoxy groups -OCH3 is 1. The molecule has 0 saturated carbocycles. The Morgan fingerprint density at radius 2 is 1.66 bits per heavy atom. The first-order valence-corrected chi connectivity index (χ1v) is 12.2. The van der Waals surface area contributed by atoms with Crippen molar-refractivity contribution in [3.63, 3.8) is 0 Å². The lowest BCUT2D eigenvalue weighted by Gasteiger charge is -2.27. The van der Waals surface area contributed by atoms with E-state index in [4.69, 9.17) is 4.74 Å². The highest BCUT2D eigenvalue weighted by atomic mass is 32.1. The van der Waals surface area contributed by atoms with Gasteiger partial charge in [-0.15, -0.1) is 10.2 Å². The van der Waals surface area contributed by atoms with E-state index in [2.05, 4.69) is 10.2 Å². The van der Waals surface area contributed by atoms with E-state index < -0.39 is 20.5 Å². The van der Waals surface area contributed by atoms with Crippen molar-refractivity contribution in [2.45, 2.75) is 6.92 Å². The van der Waals surface area contributed by atoms with E-state index in [0.29, 0.717) is 53.4 Å². The van der Waals surface area contributed by atoms with Gasteiger partial charge in [-0.05, 0) is 54.2 Å². The number of rotatable bonds is 11. The molecular weight excluding hydrogens is 516 g/mol. The van der Waals surface area contributed by atoms with Crippen LogP contribution >= 0.6 is 11.3 Å². The van der Waals surface area contributed by atoms with E-state index in [-0.39, 0.29) is 23.4 Å². The number of carbonyl (C=O) groups is 2. The van der Waals surface area contributed by atoms with Crippen molar-refractivity contribution in [1.82, 2.24) is 4.90 Å². The van der Waals surface area contributed by atoms with E-state index in [1.807, 2.05) is 11.0 Å². The lowest BCUT2D eigenvalue weighted by molar-refractivity contribution is -0.389. The van der Waals surface area contributed by atoms with Crippen molar-refractivity contribution in [2.75, 3.05) is 38.3 Å². The number of fused-ring (bicyclic) bond motifs is 1. The number of hydrogen-bond donors (Lipinski definition) is 0. The summed E-state index contributed by atoms with van der Waals surface area (Å²) in [6.07, 6.45) is 0. The number of aryl methyl sites for hydroxylation is 1. The molecule has 0 fully saturated rings. The zero-order valence-electron chi connectivity index (χ0n) is 20.4. The molecule has 196 valence electrons. The minimum absolute atomic E-state index is 0.173. The molecule has 2 aromatic carbocycles. The summed E-state index contributed by atoms with van der Waals surface area (Å²) in [6, 6.07) is 12.8. The Kier molecular flexibility index (Phi) is 7.83. The van der Waals surface area contributed by atoms with Gasteiger partial charge in [0.25, 0.3) is 11.8 Å². The molecule has 0 N–H and O–H groups in total. The number of nitro groups is 2. The fraction of sp³-hybridized carbons (Fsp3) is 0.250. The van der Waals surface area contributed by atoms with E-state index in [1.54, 1.807) is 50.4 Å². The number of benzene rings is 2. The quantitative estimate of drug-likeness (QED) is 0.142. The molecule has 0 saturated heterocycles. The number of ether oxygens (including phenoxy) is 1. The average Bonchev–Trinajstić information content (AvgIpc) is 3.44. The van der Waals surface area contributed by atoms with Crippen molar-refractivity contribution in [1.29, 1.82) is 0 Å². The maximum Gasteiger partial charge on any atom is 0.333 e. The standard InChI is InChI=1S/C24H22N6O7S/c1-15-13-16(7-8-19(15)25-26-22-20(29(33)34)14-21(38-22)30(35)36)27(11-12-37-2)9-10-28-23(31)17-5-3-4-6-18(17)24(28)32/h3-8,13-14H,9-12H2,1-2H3. The number of thiophene rings is 1. The predicted molar refractivity (Wildman–Crippen MR) is 139 cm³/mol. The summed E-state index contributed by atoms with van der Waals surface area (Å²) in [5, 5.41) is 29.6. The summed E-state index contributed by atoms with van der Waals surface area (Å²) >= 11 is 0.570. The van der Waals surface area contributed by atoms with E-state index in [9.17, 15) is 29.8 Å². The van der Waals surface area contributed by atoms with Crippen molar-refractivity contribution in [3.8, 4) is 0 Å². The lowest BCUT2D eigenvalue weighted by atomic mass is 10.1. The van der Waals surface area contributed by atoms with Crippen LogP contribution in [0.1, 0.15) is 26.3 Å². The van der Waals surface area contributed by atoms with Crippen LogP contribution < -0.4 is 4.90 Å². The van der Waals surface area contributed by atoms with Gasteiger partial charge in [-0.25, -0.2) is 0 Å². The zero-order chi connectivity index (χ0) is 27.4. The SMILES string of the molecule is COCCN(CCN1C(=O)c2ccccc2C1=O)c1ccc(N=Nc2sc([N+](=O)[O-])cc2[N+](=O)[O-])c(C)c1. The third-order valence-corrected chi connectivity index (χ3v) is 6.85. The second-order valence-corrected chi connectivity index (χ2v) is 9.26. The lowest BCUT2D eigenvalue weighted by Crippen LogP contribution is -2.39. The van der Waals surface area contributed by atoms with Crippen LogP contribution in [-0.4, -0.2) is 59.9 Å². The third kappa shape index (κ3) is 5.40. The Bertz CT molecular complexity index is 1420. The van der Waals surface area contributed by atoms with Gasteiger partial charge in [-0.3, -0.25) is 34.7 Å². The molecule has 0 radical (unpaired) electrons. The smallest absolute Gasteiger partial charge is 0.333 e. The van der Waals surface area contributed by atoms with Crippen LogP contribution in [0.25, 0.3) is 0 Å². The van der Waals surface area contributed by atoms with Crippen LogP contribution in [0, 0.1) is 27.2 Å². The number of azo groups is 1. The molecule has 13 nitrogen and oxygen atoms in total. The molecule has 1 aliphatic heterocycles. The molecule has 1 aliphatic rings. The molecule has 38 heavy (non-hydrogen) atoms. The van der Waals surface area contributed by atoms with Gasteiger partial charge in [0, 0.05) is 32.4 Å². The van der Waals surface area contributed by atoms with E-state index in [1.165, 1.54) is 4.90 Å². The average molecular weight is 539 g/mol. The Morgan fingerprint density at radius 1 is 0.974 bits per heavy atom. The van der Waals surface area contributed by atoms with Gasteiger partial charge < -0.3 is 9.64 Å². The van der Waals surface area contributed by atoms with Crippen LogP contribution in [-0.2, 0) is 4.74 Å². The number of amides is 2. The van der Waals surface area contributed by atoms with Gasteiger partial charge in [0.2, 0.25) is 5.00 Å². The van der Waals surface area contributed by atoms with Gasteiger partial charge in [-0.1, -0.05) is 12.1 Å². The topological polar surface area (TPSA) is 161 Å². The van der Waals surface area contributed by atoms with Gasteiger partial charge in [-0.2, -0.15) is 0 Å². The molecule has 0 atom stereocenters. The molecule has 4 rings (SSSR count). The Hall–Kier alpha value is -4.56. The highest BCUT2D eigenvalue weighted by Crippen LogP contribution is 2.42. The molecular formula is C24H22N6O7S. The fourth-order valence-corrected chi connectivity index (χ4v) is 4.70. The van der Waals surface area contributed by atoms with Crippen molar-refractivity contribution in [3.05, 3.63) is 85.4 Å². The Labute approximate surface area is 220 Å². The van der Waals surface area contributed by atoms with Gasteiger partial charge in [0.05, 0.1) is 33.3 Å². The first-order valence-electron chi connectivity index (χ1n) is 11.4. The summed E-state index contributed by atoms with van der Waals surface area (Å²) in [5.41, 5.74) is 2.20. The second kappa shape index (κ2) is 11.2. The summed E-state index contributed by atoms with van der Waals surface area (Å²) < 4.78 is 5.22. The highest BCUT2D eigenvalue weighted by molar-refractivity contribution is 7.19. The van der Waals surface area contributed by atoms with Crippen LogP contribution in [0.5, 0.6) is 0 Å². The van der Waals surface area contributed by atoms with Crippen molar-refractivity contribution >= 4 is 50.2 Å². The third-order valence-electron chi connectivity index (χ3n) is 5.89. The number of hydrogen-bond acceptors (Lipinski definition) is 11. The minimum Gasteiger partial charge on any atom is -0.383 e. The normalized spacial score (nSPS) is 12.8. The molecule has 2 heterocycles. The van der Waals surface area contributed by atoms with E-state index >= 15 is 0 Å². The fourth-order valence-electron chi connectivity index (χ4n) is 3.93. The molecule has 2 amide bonds. The number of anilines is 1. The first-order chi connectivity index (χ1) is 18.2. The summed E-state index contributed by atoms with van der Waals surface area (Å²) in [5.74, 6) is -0.653. The van der Waals surface area contributed by atoms with Gasteiger partial charge in [0.1, 0.15) is 6.07 Å². The van der Waals surface area contributed by atoms with Crippen LogP contribution in [0.15, 0.2) is 58.8 Å². The molecule has 14 heteroatoms. The highest BCUT2D eigenvalue weighted by Gasteiger charge is 2.35. The van der Waals surface area contributed by atoms with Crippen LogP contribution in [0.2, 0.25) is 0 Å². The predicted octanol–water partition coefficient (Wildman–Crippen LogP) is 5.04. The molecule has 3 aromatic rings. The maximum atomic E-state index is 12.7. The Morgan fingerprint density at radius 3 is 2.24 bits per heavy atom. The molecule has 0 spiro atoms. The van der Waals surface area contributed by atoms with Crippen molar-refractivity contribution < 1.29 is 24.2 Å². The number of imide groups is 1. The second-order valence-electron chi connectivity index (χ2n) is 8.25. The van der Waals surface area contributed by atoms with Gasteiger partial charge >= 0.3 is 10.7 Å².